The summed E-state index contributed by atoms with van der Waals surface area (Å²) in [5.74, 6) is 1.81. The molecule has 2 rings (SSSR count). The standard InChI is InChI=1S/C15H12N2O3S/c1-2-10-21(19,20)14-5-3-4-12(11-14)6-7-13-8-9-15(18)17-16-13/h1,3-9,11H,10H2,(H,17,18). The lowest BCUT2D eigenvalue weighted by Gasteiger charge is -2.01. The maximum atomic E-state index is 11.9. The normalized spacial score (nSPS) is 11.4. The van der Waals surface area contributed by atoms with Crippen molar-refractivity contribution in [2.45, 2.75) is 4.90 Å². The number of aromatic nitrogens is 2. The van der Waals surface area contributed by atoms with Crippen LogP contribution < -0.4 is 5.56 Å². The number of benzene rings is 1. The third-order valence-electron chi connectivity index (χ3n) is 2.64. The van der Waals surface area contributed by atoms with Crippen LogP contribution in [-0.4, -0.2) is 24.4 Å². The molecular formula is C15H12N2O3S. The Morgan fingerprint density at radius 2 is 2.05 bits per heavy atom. The van der Waals surface area contributed by atoms with Gasteiger partial charge in [-0.25, -0.2) is 13.5 Å². The Kier molecular flexibility index (Phi) is 4.36. The first-order valence-electron chi connectivity index (χ1n) is 6.01. The second-order valence-electron chi connectivity index (χ2n) is 4.22. The Balaban J connectivity index is 2.28. The molecule has 2 aromatic rings. The molecule has 0 radical (unpaired) electrons. The topological polar surface area (TPSA) is 79.9 Å². The minimum absolute atomic E-state index is 0.178. The lowest BCUT2D eigenvalue weighted by Crippen LogP contribution is -2.05. The van der Waals surface area contributed by atoms with E-state index in [0.29, 0.717) is 11.3 Å². The molecule has 0 bridgehead atoms. The van der Waals surface area contributed by atoms with Crippen molar-refractivity contribution in [3.05, 3.63) is 58.0 Å². The number of H-pyrrole nitrogens is 1. The molecule has 21 heavy (non-hydrogen) atoms. The van der Waals surface area contributed by atoms with E-state index in [1.807, 2.05) is 0 Å². The van der Waals surface area contributed by atoms with Crippen LogP contribution in [0.2, 0.25) is 0 Å². The summed E-state index contributed by atoms with van der Waals surface area (Å²) in [6.45, 7) is 0. The maximum absolute atomic E-state index is 11.9. The molecule has 0 spiro atoms. The highest BCUT2D eigenvalue weighted by molar-refractivity contribution is 7.91. The molecule has 5 nitrogen and oxygen atoms in total. The Morgan fingerprint density at radius 3 is 2.71 bits per heavy atom. The average Bonchev–Trinajstić information content (AvgIpc) is 2.47. The fraction of sp³-hybridized carbons (Fsp3) is 0.0667. The number of sulfone groups is 1. The predicted molar refractivity (Wildman–Crippen MR) is 81.1 cm³/mol. The summed E-state index contributed by atoms with van der Waals surface area (Å²) in [5, 5.41) is 6.14. The number of aromatic amines is 1. The minimum Gasteiger partial charge on any atom is -0.268 e. The Morgan fingerprint density at radius 1 is 1.24 bits per heavy atom. The molecule has 0 saturated carbocycles. The minimum atomic E-state index is -3.45. The van der Waals surface area contributed by atoms with Crippen LogP contribution in [0.1, 0.15) is 11.3 Å². The number of hydrogen-bond donors (Lipinski definition) is 1. The lowest BCUT2D eigenvalue weighted by molar-refractivity contribution is 0.599. The molecule has 106 valence electrons. The second kappa shape index (κ2) is 6.20. The summed E-state index contributed by atoms with van der Waals surface area (Å²) >= 11 is 0. The van der Waals surface area contributed by atoms with Crippen molar-refractivity contribution in [3.8, 4) is 12.3 Å². The highest BCUT2D eigenvalue weighted by Crippen LogP contribution is 2.15. The third kappa shape index (κ3) is 3.91. The van der Waals surface area contributed by atoms with Crippen LogP contribution in [0.25, 0.3) is 12.2 Å². The fourth-order valence-electron chi connectivity index (χ4n) is 1.63. The van der Waals surface area contributed by atoms with Gasteiger partial charge in [-0.15, -0.1) is 6.42 Å². The molecule has 6 heteroatoms. The summed E-state index contributed by atoms with van der Waals surface area (Å²) in [6, 6.07) is 9.37. The Labute approximate surface area is 122 Å². The van der Waals surface area contributed by atoms with Crippen molar-refractivity contribution >= 4 is 22.0 Å². The molecule has 1 aromatic carbocycles. The summed E-state index contributed by atoms with van der Waals surface area (Å²) in [6.07, 6.45) is 8.43. The fourth-order valence-corrected chi connectivity index (χ4v) is 2.62. The van der Waals surface area contributed by atoms with Crippen LogP contribution in [0.3, 0.4) is 0 Å². The molecule has 1 N–H and O–H groups in total. The molecule has 0 amide bonds. The molecule has 1 heterocycles. The molecule has 0 atom stereocenters. The molecule has 0 fully saturated rings. The first-order valence-corrected chi connectivity index (χ1v) is 7.66. The zero-order chi connectivity index (χ0) is 15.3. The van der Waals surface area contributed by atoms with Crippen LogP contribution in [0.5, 0.6) is 0 Å². The highest BCUT2D eigenvalue weighted by Gasteiger charge is 2.12. The van der Waals surface area contributed by atoms with Crippen LogP contribution in [0.4, 0.5) is 0 Å². The van der Waals surface area contributed by atoms with E-state index in [1.54, 1.807) is 30.4 Å². The van der Waals surface area contributed by atoms with Gasteiger partial charge in [0.1, 0.15) is 5.75 Å². The SMILES string of the molecule is C#CCS(=O)(=O)c1cccc(C=Cc2ccc(=O)[nH]n2)c1. The third-order valence-corrected chi connectivity index (χ3v) is 4.16. The van der Waals surface area contributed by atoms with E-state index in [2.05, 4.69) is 16.1 Å². The first-order chi connectivity index (χ1) is 10.0. The summed E-state index contributed by atoms with van der Waals surface area (Å²) in [4.78, 5) is 11.1. The van der Waals surface area contributed by atoms with E-state index < -0.39 is 9.84 Å². The van der Waals surface area contributed by atoms with Gasteiger partial charge in [0, 0.05) is 6.07 Å². The largest absolute Gasteiger partial charge is 0.268 e. The van der Waals surface area contributed by atoms with Crippen LogP contribution >= 0.6 is 0 Å². The summed E-state index contributed by atoms with van der Waals surface area (Å²) in [7, 11) is -3.45. The highest BCUT2D eigenvalue weighted by atomic mass is 32.2. The van der Waals surface area contributed by atoms with Crippen LogP contribution in [-0.2, 0) is 9.84 Å². The number of terminal acetylenes is 1. The van der Waals surface area contributed by atoms with Crippen molar-refractivity contribution in [2.24, 2.45) is 0 Å². The van der Waals surface area contributed by atoms with Gasteiger partial charge in [-0.1, -0.05) is 24.1 Å². The average molecular weight is 300 g/mol. The van der Waals surface area contributed by atoms with E-state index >= 15 is 0 Å². The Bertz CT molecular complexity index is 854. The monoisotopic (exact) mass is 300 g/mol. The van der Waals surface area contributed by atoms with Crippen LogP contribution in [0, 0.1) is 12.3 Å². The van der Waals surface area contributed by atoms with Crippen LogP contribution in [0.15, 0.2) is 46.1 Å². The van der Waals surface area contributed by atoms with Crippen molar-refractivity contribution in [1.29, 1.82) is 0 Å². The van der Waals surface area contributed by atoms with E-state index in [1.165, 1.54) is 18.2 Å². The summed E-state index contributed by atoms with van der Waals surface area (Å²) < 4.78 is 23.8. The molecule has 0 aliphatic carbocycles. The van der Waals surface area contributed by atoms with Gasteiger partial charge in [0.15, 0.2) is 9.84 Å². The second-order valence-corrected chi connectivity index (χ2v) is 6.20. The van der Waals surface area contributed by atoms with Gasteiger partial charge in [-0.3, -0.25) is 4.79 Å². The van der Waals surface area contributed by atoms with E-state index in [9.17, 15) is 13.2 Å². The molecule has 0 saturated heterocycles. The van der Waals surface area contributed by atoms with E-state index in [-0.39, 0.29) is 16.2 Å². The maximum Gasteiger partial charge on any atom is 0.264 e. The van der Waals surface area contributed by atoms with E-state index in [0.717, 1.165) is 0 Å². The van der Waals surface area contributed by atoms with Gasteiger partial charge < -0.3 is 0 Å². The molecule has 1 aromatic heterocycles. The van der Waals surface area contributed by atoms with Gasteiger partial charge >= 0.3 is 0 Å². The molecule has 0 aliphatic rings. The van der Waals surface area contributed by atoms with Crippen molar-refractivity contribution in [1.82, 2.24) is 10.2 Å². The van der Waals surface area contributed by atoms with Gasteiger partial charge in [0.05, 0.1) is 10.6 Å². The van der Waals surface area contributed by atoms with Crippen molar-refractivity contribution < 1.29 is 8.42 Å². The molecular weight excluding hydrogens is 288 g/mol. The van der Waals surface area contributed by atoms with Crippen molar-refractivity contribution in [2.75, 3.05) is 5.75 Å². The predicted octanol–water partition coefficient (Wildman–Crippen LogP) is 1.35. The number of nitrogens with zero attached hydrogens (tertiary/aromatic N) is 1. The lowest BCUT2D eigenvalue weighted by atomic mass is 10.2. The van der Waals surface area contributed by atoms with Gasteiger partial charge in [-0.2, -0.15) is 5.10 Å². The Hall–Kier alpha value is -2.65. The van der Waals surface area contributed by atoms with Gasteiger partial charge in [0.25, 0.3) is 5.56 Å². The first kappa shape index (κ1) is 14.8. The molecule has 0 unspecified atom stereocenters. The van der Waals surface area contributed by atoms with Crippen molar-refractivity contribution in [3.63, 3.8) is 0 Å². The summed E-state index contributed by atoms with van der Waals surface area (Å²) in [5.41, 5.74) is 0.974. The number of nitrogens with one attached hydrogen (secondary N) is 1. The van der Waals surface area contributed by atoms with Gasteiger partial charge in [0.2, 0.25) is 0 Å². The van der Waals surface area contributed by atoms with E-state index in [4.69, 9.17) is 6.42 Å². The zero-order valence-corrected chi connectivity index (χ0v) is 11.8. The zero-order valence-electron chi connectivity index (χ0n) is 11.0. The smallest absolute Gasteiger partial charge is 0.264 e. The van der Waals surface area contributed by atoms with Gasteiger partial charge in [-0.05, 0) is 29.8 Å². The molecule has 0 aliphatic heterocycles. The number of rotatable bonds is 4. The quantitative estimate of drug-likeness (QED) is 0.864. The number of hydrogen-bond acceptors (Lipinski definition) is 4.